The highest BCUT2D eigenvalue weighted by Gasteiger charge is 2.29. The van der Waals surface area contributed by atoms with Gasteiger partial charge in [-0.1, -0.05) is 12.2 Å². The van der Waals surface area contributed by atoms with E-state index >= 15 is 0 Å². The van der Waals surface area contributed by atoms with Crippen molar-refractivity contribution in [3.63, 3.8) is 0 Å². The van der Waals surface area contributed by atoms with Crippen molar-refractivity contribution in [3.05, 3.63) is 24.8 Å². The molecule has 0 aliphatic heterocycles. The van der Waals surface area contributed by atoms with Gasteiger partial charge in [0.25, 0.3) is 0 Å². The van der Waals surface area contributed by atoms with Gasteiger partial charge in [-0.15, -0.1) is 0 Å². The minimum atomic E-state index is -0.643. The Labute approximate surface area is 98.8 Å². The highest BCUT2D eigenvalue weighted by Crippen LogP contribution is 2.28. The van der Waals surface area contributed by atoms with Crippen LogP contribution in [0.15, 0.2) is 24.8 Å². The Kier molecular flexibility index (Phi) is 2.59. The lowest BCUT2D eigenvalue weighted by Gasteiger charge is -2.29. The lowest BCUT2D eigenvalue weighted by Crippen LogP contribution is -2.34. The summed E-state index contributed by atoms with van der Waals surface area (Å²) in [6, 6.07) is 0. The van der Waals surface area contributed by atoms with E-state index in [0.717, 1.165) is 5.57 Å². The molecule has 0 saturated carbocycles. The number of aromatic nitrogens is 4. The third-order valence-corrected chi connectivity index (χ3v) is 3.12. The number of anilines is 1. The first kappa shape index (κ1) is 11.5. The Morgan fingerprint density at radius 3 is 2.82 bits per heavy atom. The Morgan fingerprint density at radius 2 is 2.24 bits per heavy atom. The number of nitrogens with zero attached hydrogens (tertiary/aromatic N) is 4. The smallest absolute Gasteiger partial charge is 0.166 e. The molecule has 2 heterocycles. The standard InChI is InChI=1S/C11H15N5O/c1-7(2)11(3,4-17)16-6-15-8-9(12)13-5-14-10(8)16/h5-6,17H,1,4H2,2-3H3,(H2,12,13,14). The second-order valence-corrected chi connectivity index (χ2v) is 4.26. The molecule has 0 bridgehead atoms. The second-order valence-electron chi connectivity index (χ2n) is 4.26. The van der Waals surface area contributed by atoms with E-state index in [0.29, 0.717) is 17.0 Å². The molecule has 6 nitrogen and oxygen atoms in total. The first-order valence-electron chi connectivity index (χ1n) is 5.21. The van der Waals surface area contributed by atoms with Crippen molar-refractivity contribution in [2.45, 2.75) is 19.4 Å². The first-order chi connectivity index (χ1) is 8.00. The molecule has 3 N–H and O–H groups in total. The predicted octanol–water partition coefficient (Wildman–Crippen LogP) is 0.692. The van der Waals surface area contributed by atoms with Crippen LogP contribution in [0.25, 0.3) is 11.2 Å². The molecule has 0 amide bonds. The molecule has 2 rings (SSSR count). The summed E-state index contributed by atoms with van der Waals surface area (Å²) in [7, 11) is 0. The summed E-state index contributed by atoms with van der Waals surface area (Å²) in [6.45, 7) is 7.54. The van der Waals surface area contributed by atoms with Crippen LogP contribution in [-0.4, -0.2) is 31.2 Å². The number of nitrogen functional groups attached to an aromatic ring is 1. The molecule has 0 aliphatic carbocycles. The van der Waals surface area contributed by atoms with Crippen molar-refractivity contribution in [2.75, 3.05) is 12.3 Å². The zero-order valence-electron chi connectivity index (χ0n) is 9.88. The Balaban J connectivity index is 2.72. The van der Waals surface area contributed by atoms with Crippen molar-refractivity contribution in [3.8, 4) is 0 Å². The van der Waals surface area contributed by atoms with E-state index < -0.39 is 5.54 Å². The summed E-state index contributed by atoms with van der Waals surface area (Å²) >= 11 is 0. The van der Waals surface area contributed by atoms with Gasteiger partial charge in [0, 0.05) is 0 Å². The maximum atomic E-state index is 9.57. The largest absolute Gasteiger partial charge is 0.394 e. The van der Waals surface area contributed by atoms with Gasteiger partial charge >= 0.3 is 0 Å². The molecule has 0 aromatic carbocycles. The number of hydrogen-bond acceptors (Lipinski definition) is 5. The molecule has 2 aromatic heterocycles. The zero-order chi connectivity index (χ0) is 12.6. The van der Waals surface area contributed by atoms with Gasteiger partial charge in [-0.2, -0.15) is 0 Å². The molecular formula is C11H15N5O. The van der Waals surface area contributed by atoms with Crippen molar-refractivity contribution in [1.29, 1.82) is 0 Å². The summed E-state index contributed by atoms with van der Waals surface area (Å²) in [6.07, 6.45) is 2.98. The van der Waals surface area contributed by atoms with Crippen molar-refractivity contribution < 1.29 is 5.11 Å². The lowest BCUT2D eigenvalue weighted by molar-refractivity contribution is 0.181. The summed E-state index contributed by atoms with van der Waals surface area (Å²) in [5.74, 6) is 0.329. The number of rotatable bonds is 3. The normalized spacial score (nSPS) is 14.8. The van der Waals surface area contributed by atoms with Crippen LogP contribution in [0.5, 0.6) is 0 Å². The van der Waals surface area contributed by atoms with Crippen LogP contribution in [0, 0.1) is 0 Å². The number of nitrogens with two attached hydrogens (primary N) is 1. The van der Waals surface area contributed by atoms with Gasteiger partial charge in [-0.3, -0.25) is 0 Å². The van der Waals surface area contributed by atoms with E-state index in [-0.39, 0.29) is 6.61 Å². The molecule has 6 heteroatoms. The van der Waals surface area contributed by atoms with E-state index in [4.69, 9.17) is 5.73 Å². The SMILES string of the molecule is C=C(C)C(C)(CO)n1cnc2c(N)ncnc21. The quantitative estimate of drug-likeness (QED) is 0.761. The Morgan fingerprint density at radius 1 is 1.53 bits per heavy atom. The fourth-order valence-electron chi connectivity index (χ4n) is 1.63. The van der Waals surface area contributed by atoms with Gasteiger partial charge in [0.1, 0.15) is 11.8 Å². The van der Waals surface area contributed by atoms with Gasteiger partial charge in [0.2, 0.25) is 0 Å². The third-order valence-electron chi connectivity index (χ3n) is 3.12. The molecule has 0 aliphatic rings. The van der Waals surface area contributed by atoms with Crippen LogP contribution in [0.4, 0.5) is 5.82 Å². The molecule has 0 saturated heterocycles. The molecule has 0 radical (unpaired) electrons. The van der Waals surface area contributed by atoms with Gasteiger partial charge < -0.3 is 15.4 Å². The topological polar surface area (TPSA) is 89.8 Å². The van der Waals surface area contributed by atoms with Crippen LogP contribution < -0.4 is 5.73 Å². The number of aliphatic hydroxyl groups excluding tert-OH is 1. The minimum Gasteiger partial charge on any atom is -0.394 e. The Bertz CT molecular complexity index is 576. The maximum absolute atomic E-state index is 9.57. The van der Waals surface area contributed by atoms with Crippen LogP contribution in [0.1, 0.15) is 13.8 Å². The molecule has 0 spiro atoms. The van der Waals surface area contributed by atoms with Gasteiger partial charge in [0.15, 0.2) is 11.5 Å². The van der Waals surface area contributed by atoms with Crippen LogP contribution in [0.3, 0.4) is 0 Å². The first-order valence-corrected chi connectivity index (χ1v) is 5.21. The average Bonchev–Trinajstić information content (AvgIpc) is 2.73. The molecule has 0 fully saturated rings. The summed E-state index contributed by atoms with van der Waals surface area (Å²) in [5, 5.41) is 9.57. The predicted molar refractivity (Wildman–Crippen MR) is 65.3 cm³/mol. The van der Waals surface area contributed by atoms with Crippen LogP contribution in [0.2, 0.25) is 0 Å². The van der Waals surface area contributed by atoms with E-state index in [2.05, 4.69) is 21.5 Å². The van der Waals surface area contributed by atoms with Gasteiger partial charge in [-0.05, 0) is 13.8 Å². The lowest BCUT2D eigenvalue weighted by atomic mass is 9.95. The molecular weight excluding hydrogens is 218 g/mol. The third kappa shape index (κ3) is 1.57. The molecule has 90 valence electrons. The van der Waals surface area contributed by atoms with Crippen LogP contribution >= 0.6 is 0 Å². The monoisotopic (exact) mass is 233 g/mol. The van der Waals surface area contributed by atoms with E-state index in [1.807, 2.05) is 13.8 Å². The van der Waals surface area contributed by atoms with E-state index in [1.54, 1.807) is 10.9 Å². The maximum Gasteiger partial charge on any atom is 0.166 e. The van der Waals surface area contributed by atoms with Gasteiger partial charge in [0.05, 0.1) is 18.5 Å². The molecule has 1 atom stereocenters. The number of hydrogen-bond donors (Lipinski definition) is 2. The summed E-state index contributed by atoms with van der Waals surface area (Å²) < 4.78 is 1.77. The van der Waals surface area contributed by atoms with E-state index in [9.17, 15) is 5.11 Å². The highest BCUT2D eigenvalue weighted by atomic mass is 16.3. The zero-order valence-corrected chi connectivity index (χ0v) is 9.88. The van der Waals surface area contributed by atoms with Crippen molar-refractivity contribution in [2.24, 2.45) is 0 Å². The number of fused-ring (bicyclic) bond motifs is 1. The van der Waals surface area contributed by atoms with Crippen LogP contribution in [-0.2, 0) is 5.54 Å². The Hall–Kier alpha value is -1.95. The molecule has 1 unspecified atom stereocenters. The average molecular weight is 233 g/mol. The number of aliphatic hydroxyl groups is 1. The summed E-state index contributed by atoms with van der Waals surface area (Å²) in [4.78, 5) is 12.2. The number of imidazole rings is 1. The fourth-order valence-corrected chi connectivity index (χ4v) is 1.63. The molecule has 17 heavy (non-hydrogen) atoms. The van der Waals surface area contributed by atoms with Gasteiger partial charge in [-0.25, -0.2) is 15.0 Å². The second kappa shape index (κ2) is 3.81. The fraction of sp³-hybridized carbons (Fsp3) is 0.364. The van der Waals surface area contributed by atoms with E-state index in [1.165, 1.54) is 6.33 Å². The van der Waals surface area contributed by atoms with Crippen molar-refractivity contribution in [1.82, 2.24) is 19.5 Å². The summed E-state index contributed by atoms with van der Waals surface area (Å²) in [5.41, 5.74) is 7.02. The molecule has 2 aromatic rings. The van der Waals surface area contributed by atoms with Crippen molar-refractivity contribution >= 4 is 17.0 Å². The highest BCUT2D eigenvalue weighted by molar-refractivity contribution is 5.81. The minimum absolute atomic E-state index is 0.0856.